The van der Waals surface area contributed by atoms with Gasteiger partial charge in [0.15, 0.2) is 0 Å². The quantitative estimate of drug-likeness (QED) is 0.236. The minimum Gasteiger partial charge on any atom is -0.480 e. The van der Waals surface area contributed by atoms with Gasteiger partial charge in [-0.2, -0.15) is 0 Å². The molecule has 0 rings (SSSR count). The molecule has 0 aromatic heterocycles. The average Bonchev–Trinajstić information content (AvgIpc) is 2.27. The lowest BCUT2D eigenvalue weighted by Gasteiger charge is -2.25. The Hall–Kier alpha value is -1.06. The lowest BCUT2D eigenvalue weighted by molar-refractivity contribution is -0.136. The molecule has 94 valence electrons. The first-order valence-electron chi connectivity index (χ1n) is 4.49. The fourth-order valence-corrected chi connectivity index (χ4v) is 1.00. The van der Waals surface area contributed by atoms with E-state index in [4.69, 9.17) is 15.3 Å². The molecule has 0 unspecified atom stereocenters. The molecule has 4 atom stereocenters. The Kier molecular flexibility index (Phi) is 6.77. The zero-order valence-corrected chi connectivity index (χ0v) is 8.35. The Bertz CT molecular complexity index is 234. The SMILES string of the molecule is O=C[C@H](NCC(=O)O)[C@@H](O)[C@H](O)[C@H](O)CO. The van der Waals surface area contributed by atoms with Crippen LogP contribution in [0.25, 0.3) is 0 Å². The first kappa shape index (κ1) is 14.9. The molecule has 0 aliphatic rings. The number of nitrogens with one attached hydrogen (secondary N) is 1. The number of carbonyl (C=O) groups is 2. The van der Waals surface area contributed by atoms with Crippen molar-refractivity contribution in [2.45, 2.75) is 24.4 Å². The summed E-state index contributed by atoms with van der Waals surface area (Å²) in [5, 5.41) is 46.6. The van der Waals surface area contributed by atoms with E-state index in [-0.39, 0.29) is 6.29 Å². The minimum atomic E-state index is -1.75. The summed E-state index contributed by atoms with van der Waals surface area (Å²) in [4.78, 5) is 20.7. The van der Waals surface area contributed by atoms with E-state index in [0.717, 1.165) is 0 Å². The predicted molar refractivity (Wildman–Crippen MR) is 50.6 cm³/mol. The van der Waals surface area contributed by atoms with Crippen molar-refractivity contribution in [3.63, 3.8) is 0 Å². The number of rotatable bonds is 8. The summed E-state index contributed by atoms with van der Waals surface area (Å²) >= 11 is 0. The van der Waals surface area contributed by atoms with Crippen molar-refractivity contribution in [3.05, 3.63) is 0 Å². The number of aldehydes is 1. The van der Waals surface area contributed by atoms with Gasteiger partial charge < -0.3 is 30.3 Å². The standard InChI is InChI=1S/C8H15NO7/c10-2-4(9-1-6(13)14)7(15)8(16)5(12)3-11/h2,4-5,7-9,11-12,15-16H,1,3H2,(H,13,14)/t4-,5+,7+,8+/m0/s1. The van der Waals surface area contributed by atoms with Gasteiger partial charge in [-0.25, -0.2) is 0 Å². The molecule has 0 aromatic rings. The smallest absolute Gasteiger partial charge is 0.317 e. The van der Waals surface area contributed by atoms with Gasteiger partial charge in [0.25, 0.3) is 0 Å². The van der Waals surface area contributed by atoms with Crippen LogP contribution in [0, 0.1) is 0 Å². The van der Waals surface area contributed by atoms with Crippen LogP contribution in [0.3, 0.4) is 0 Å². The second-order valence-corrected chi connectivity index (χ2v) is 3.17. The highest BCUT2D eigenvalue weighted by Gasteiger charge is 2.30. The largest absolute Gasteiger partial charge is 0.480 e. The number of carboxylic acid groups (broad SMARTS) is 1. The molecule has 8 nitrogen and oxygen atoms in total. The summed E-state index contributed by atoms with van der Waals surface area (Å²) in [5.74, 6) is -1.24. The van der Waals surface area contributed by atoms with Crippen LogP contribution in [0.2, 0.25) is 0 Å². The Morgan fingerprint density at radius 3 is 2.19 bits per heavy atom. The summed E-state index contributed by atoms with van der Waals surface area (Å²) in [6, 6.07) is -1.34. The lowest BCUT2D eigenvalue weighted by Crippen LogP contribution is -2.52. The number of carbonyl (C=O) groups excluding carboxylic acids is 1. The van der Waals surface area contributed by atoms with Gasteiger partial charge in [-0.1, -0.05) is 0 Å². The minimum absolute atomic E-state index is 0.209. The number of hydrogen-bond donors (Lipinski definition) is 6. The molecule has 0 aliphatic carbocycles. The maximum absolute atomic E-state index is 10.5. The monoisotopic (exact) mass is 237 g/mol. The van der Waals surface area contributed by atoms with E-state index in [1.807, 2.05) is 0 Å². The van der Waals surface area contributed by atoms with Gasteiger partial charge in [0, 0.05) is 0 Å². The summed E-state index contributed by atoms with van der Waals surface area (Å²) in [5.41, 5.74) is 0. The van der Waals surface area contributed by atoms with E-state index in [9.17, 15) is 19.8 Å². The zero-order chi connectivity index (χ0) is 12.7. The number of aliphatic hydroxyl groups is 4. The van der Waals surface area contributed by atoms with Crippen LogP contribution in [0.4, 0.5) is 0 Å². The molecule has 0 aromatic carbocycles. The zero-order valence-electron chi connectivity index (χ0n) is 8.35. The molecule has 0 amide bonds. The van der Waals surface area contributed by atoms with E-state index in [2.05, 4.69) is 5.32 Å². The fraction of sp³-hybridized carbons (Fsp3) is 0.750. The Balaban J connectivity index is 4.33. The summed E-state index contributed by atoms with van der Waals surface area (Å²) in [7, 11) is 0. The fourth-order valence-electron chi connectivity index (χ4n) is 1.00. The van der Waals surface area contributed by atoms with Crippen molar-refractivity contribution in [1.82, 2.24) is 5.32 Å². The van der Waals surface area contributed by atoms with Gasteiger partial charge in [0.05, 0.1) is 19.2 Å². The molecule has 0 bridgehead atoms. The molecular formula is C8H15NO7. The van der Waals surface area contributed by atoms with Gasteiger partial charge >= 0.3 is 5.97 Å². The first-order chi connectivity index (χ1) is 7.43. The summed E-state index contributed by atoms with van der Waals surface area (Å²) < 4.78 is 0. The normalized spacial score (nSPS) is 18.5. The molecule has 0 spiro atoms. The van der Waals surface area contributed by atoms with E-state index in [1.54, 1.807) is 0 Å². The molecule has 0 radical (unpaired) electrons. The summed E-state index contributed by atoms with van der Waals surface area (Å²) in [6.45, 7) is -1.37. The second kappa shape index (κ2) is 7.25. The Morgan fingerprint density at radius 2 is 1.81 bits per heavy atom. The van der Waals surface area contributed by atoms with Crippen molar-refractivity contribution in [2.75, 3.05) is 13.2 Å². The number of aliphatic carboxylic acids is 1. The van der Waals surface area contributed by atoms with Crippen LogP contribution in [0.1, 0.15) is 0 Å². The van der Waals surface area contributed by atoms with Gasteiger partial charge in [0.2, 0.25) is 0 Å². The second-order valence-electron chi connectivity index (χ2n) is 3.17. The summed E-state index contributed by atoms with van der Waals surface area (Å²) in [6.07, 6.45) is -4.86. The first-order valence-corrected chi connectivity index (χ1v) is 4.49. The highest BCUT2D eigenvalue weighted by Crippen LogP contribution is 2.03. The van der Waals surface area contributed by atoms with Gasteiger partial charge in [-0.15, -0.1) is 0 Å². The Morgan fingerprint density at radius 1 is 1.25 bits per heavy atom. The maximum atomic E-state index is 10.5. The number of hydrogen-bond acceptors (Lipinski definition) is 7. The third-order valence-corrected chi connectivity index (χ3v) is 1.93. The van der Waals surface area contributed by atoms with Crippen molar-refractivity contribution in [1.29, 1.82) is 0 Å². The predicted octanol–water partition coefficient (Wildman–Crippen LogP) is -3.70. The third-order valence-electron chi connectivity index (χ3n) is 1.93. The van der Waals surface area contributed by atoms with E-state index >= 15 is 0 Å². The Labute approximate surface area is 91.1 Å². The third kappa shape index (κ3) is 4.64. The molecular weight excluding hydrogens is 222 g/mol. The average molecular weight is 237 g/mol. The van der Waals surface area contributed by atoms with Crippen LogP contribution in [-0.4, -0.2) is 75.3 Å². The van der Waals surface area contributed by atoms with Crippen LogP contribution in [-0.2, 0) is 9.59 Å². The van der Waals surface area contributed by atoms with E-state index in [0.29, 0.717) is 0 Å². The van der Waals surface area contributed by atoms with Crippen LogP contribution in [0.5, 0.6) is 0 Å². The molecule has 0 heterocycles. The molecule has 6 N–H and O–H groups in total. The van der Waals surface area contributed by atoms with Gasteiger partial charge in [0.1, 0.15) is 24.6 Å². The van der Waals surface area contributed by atoms with Gasteiger partial charge in [-0.3, -0.25) is 10.1 Å². The van der Waals surface area contributed by atoms with Crippen LogP contribution >= 0.6 is 0 Å². The molecule has 0 fully saturated rings. The van der Waals surface area contributed by atoms with Crippen molar-refractivity contribution >= 4 is 12.3 Å². The van der Waals surface area contributed by atoms with Crippen molar-refractivity contribution in [2.24, 2.45) is 0 Å². The maximum Gasteiger partial charge on any atom is 0.317 e. The van der Waals surface area contributed by atoms with E-state index < -0.39 is 43.5 Å². The lowest BCUT2D eigenvalue weighted by atomic mass is 10.0. The molecule has 16 heavy (non-hydrogen) atoms. The molecule has 0 saturated carbocycles. The highest BCUT2D eigenvalue weighted by atomic mass is 16.4. The molecule has 8 heteroatoms. The van der Waals surface area contributed by atoms with Crippen molar-refractivity contribution in [3.8, 4) is 0 Å². The van der Waals surface area contributed by atoms with Gasteiger partial charge in [-0.05, 0) is 0 Å². The number of aliphatic hydroxyl groups excluding tert-OH is 4. The topological polar surface area (TPSA) is 147 Å². The van der Waals surface area contributed by atoms with Crippen molar-refractivity contribution < 1.29 is 35.1 Å². The van der Waals surface area contributed by atoms with Crippen LogP contribution in [0.15, 0.2) is 0 Å². The molecule has 0 saturated heterocycles. The van der Waals surface area contributed by atoms with E-state index in [1.165, 1.54) is 0 Å². The number of carboxylic acids is 1. The highest BCUT2D eigenvalue weighted by molar-refractivity contribution is 5.70. The molecule has 0 aliphatic heterocycles. The van der Waals surface area contributed by atoms with Crippen LogP contribution < -0.4 is 5.32 Å².